The summed E-state index contributed by atoms with van der Waals surface area (Å²) in [5, 5.41) is 4.09. The molecule has 1 N–H and O–H groups in total. The number of hydrogen-bond donors (Lipinski definition) is 1. The van der Waals surface area contributed by atoms with E-state index >= 15 is 0 Å². The van der Waals surface area contributed by atoms with Crippen molar-refractivity contribution in [3.63, 3.8) is 0 Å². The molecular formula is C21H17Br2ClFNO. The third kappa shape index (κ3) is 5.24. The molecule has 0 spiro atoms. The van der Waals surface area contributed by atoms with Crippen LogP contribution in [-0.2, 0) is 13.2 Å². The highest BCUT2D eigenvalue weighted by atomic mass is 79.9. The second kappa shape index (κ2) is 9.09. The molecule has 3 aromatic rings. The van der Waals surface area contributed by atoms with Crippen LogP contribution in [0.3, 0.4) is 0 Å². The Morgan fingerprint density at radius 1 is 1.04 bits per heavy atom. The maximum Gasteiger partial charge on any atom is 0.148 e. The molecule has 3 rings (SSSR count). The first kappa shape index (κ1) is 20.2. The van der Waals surface area contributed by atoms with Gasteiger partial charge in [-0.3, -0.25) is 0 Å². The zero-order valence-electron chi connectivity index (χ0n) is 14.5. The fourth-order valence-electron chi connectivity index (χ4n) is 2.52. The first-order valence-electron chi connectivity index (χ1n) is 8.28. The molecule has 0 unspecified atom stereocenters. The van der Waals surface area contributed by atoms with Crippen molar-refractivity contribution in [3.8, 4) is 5.75 Å². The van der Waals surface area contributed by atoms with Gasteiger partial charge in [-0.15, -0.1) is 0 Å². The summed E-state index contributed by atoms with van der Waals surface area (Å²) in [5.41, 5.74) is 3.57. The Morgan fingerprint density at radius 3 is 2.41 bits per heavy atom. The monoisotopic (exact) mass is 511 g/mol. The third-order valence-corrected chi connectivity index (χ3v) is 5.64. The third-order valence-electron chi connectivity index (χ3n) is 4.06. The van der Waals surface area contributed by atoms with E-state index in [1.165, 1.54) is 6.07 Å². The quantitative estimate of drug-likeness (QED) is 0.368. The lowest BCUT2D eigenvalue weighted by Gasteiger charge is -2.14. The van der Waals surface area contributed by atoms with E-state index in [1.807, 2.05) is 37.3 Å². The van der Waals surface area contributed by atoms with Crippen molar-refractivity contribution in [2.24, 2.45) is 0 Å². The molecule has 0 fully saturated rings. The molecule has 3 aromatic carbocycles. The van der Waals surface area contributed by atoms with Gasteiger partial charge in [0, 0.05) is 22.8 Å². The second-order valence-corrected chi connectivity index (χ2v) is 8.20. The van der Waals surface area contributed by atoms with Gasteiger partial charge in [0.25, 0.3) is 0 Å². The highest BCUT2D eigenvalue weighted by Gasteiger charge is 2.11. The Morgan fingerprint density at radius 2 is 1.74 bits per heavy atom. The van der Waals surface area contributed by atoms with Crippen LogP contribution in [0, 0.1) is 12.7 Å². The van der Waals surface area contributed by atoms with E-state index in [-0.39, 0.29) is 12.4 Å². The van der Waals surface area contributed by atoms with Crippen molar-refractivity contribution in [3.05, 3.63) is 91.1 Å². The predicted octanol–water partition coefficient (Wildman–Crippen LogP) is 7.50. The van der Waals surface area contributed by atoms with E-state index in [2.05, 4.69) is 37.2 Å². The van der Waals surface area contributed by atoms with E-state index in [0.717, 1.165) is 30.8 Å². The molecule has 0 atom stereocenters. The zero-order chi connectivity index (χ0) is 19.4. The molecule has 0 aliphatic rings. The molecule has 0 aromatic heterocycles. The summed E-state index contributed by atoms with van der Waals surface area (Å²) >= 11 is 13.2. The van der Waals surface area contributed by atoms with Crippen LogP contribution >= 0.6 is 43.5 Å². The molecule has 0 heterocycles. The molecule has 0 saturated heterocycles. The average Bonchev–Trinajstić information content (AvgIpc) is 2.63. The molecule has 27 heavy (non-hydrogen) atoms. The van der Waals surface area contributed by atoms with Gasteiger partial charge in [-0.05, 0) is 80.2 Å². The largest absolute Gasteiger partial charge is 0.486 e. The highest BCUT2D eigenvalue weighted by Crippen LogP contribution is 2.35. The molecule has 0 radical (unpaired) electrons. The van der Waals surface area contributed by atoms with Gasteiger partial charge in [-0.1, -0.05) is 35.9 Å². The van der Waals surface area contributed by atoms with Gasteiger partial charge in [0.15, 0.2) is 0 Å². The van der Waals surface area contributed by atoms with E-state index in [0.29, 0.717) is 17.9 Å². The van der Waals surface area contributed by atoms with Crippen LogP contribution in [0.2, 0.25) is 5.02 Å². The highest BCUT2D eigenvalue weighted by molar-refractivity contribution is 9.11. The molecular weight excluding hydrogens is 496 g/mol. The fourth-order valence-corrected chi connectivity index (χ4v) is 4.22. The van der Waals surface area contributed by atoms with E-state index in [1.54, 1.807) is 18.2 Å². The lowest BCUT2D eigenvalue weighted by Crippen LogP contribution is -2.02. The normalized spacial score (nSPS) is 10.7. The van der Waals surface area contributed by atoms with E-state index < -0.39 is 0 Å². The van der Waals surface area contributed by atoms with Gasteiger partial charge in [-0.25, -0.2) is 4.39 Å². The second-order valence-electron chi connectivity index (χ2n) is 6.09. The number of nitrogens with one attached hydrogen (secondary N) is 1. The van der Waals surface area contributed by atoms with Gasteiger partial charge in [-0.2, -0.15) is 0 Å². The number of aryl methyl sites for hydroxylation is 1. The van der Waals surface area contributed by atoms with Crippen molar-refractivity contribution in [1.82, 2.24) is 0 Å². The van der Waals surface area contributed by atoms with E-state index in [9.17, 15) is 4.39 Å². The van der Waals surface area contributed by atoms with Gasteiger partial charge in [0.2, 0.25) is 0 Å². The number of anilines is 1. The van der Waals surface area contributed by atoms with Crippen molar-refractivity contribution in [1.29, 1.82) is 0 Å². The van der Waals surface area contributed by atoms with Gasteiger partial charge in [0.1, 0.15) is 18.2 Å². The minimum atomic E-state index is -0.276. The Hall–Kier alpha value is -1.56. The van der Waals surface area contributed by atoms with Gasteiger partial charge < -0.3 is 10.1 Å². The summed E-state index contributed by atoms with van der Waals surface area (Å²) in [4.78, 5) is 0. The van der Waals surface area contributed by atoms with Crippen LogP contribution < -0.4 is 10.1 Å². The topological polar surface area (TPSA) is 21.3 Å². The molecule has 0 bridgehead atoms. The number of halogens is 4. The Balaban J connectivity index is 1.68. The Kier molecular flexibility index (Phi) is 6.79. The van der Waals surface area contributed by atoms with Crippen LogP contribution in [0.5, 0.6) is 5.75 Å². The summed E-state index contributed by atoms with van der Waals surface area (Å²) in [6.45, 7) is 2.76. The molecule has 0 aliphatic carbocycles. The summed E-state index contributed by atoms with van der Waals surface area (Å²) in [6, 6.07) is 16.4. The van der Waals surface area contributed by atoms with Crippen LogP contribution in [0.1, 0.15) is 16.7 Å². The van der Waals surface area contributed by atoms with Crippen molar-refractivity contribution >= 4 is 49.1 Å². The summed E-state index contributed by atoms with van der Waals surface area (Å²) < 4.78 is 21.2. The predicted molar refractivity (Wildman–Crippen MR) is 116 cm³/mol. The molecule has 140 valence electrons. The Bertz CT molecular complexity index is 942. The zero-order valence-corrected chi connectivity index (χ0v) is 18.5. The number of hydrogen-bond acceptors (Lipinski definition) is 2. The lowest BCUT2D eigenvalue weighted by molar-refractivity contribution is 0.296. The average molecular weight is 514 g/mol. The summed E-state index contributed by atoms with van der Waals surface area (Å²) in [7, 11) is 0. The minimum Gasteiger partial charge on any atom is -0.486 e. The van der Waals surface area contributed by atoms with Crippen molar-refractivity contribution < 1.29 is 9.13 Å². The fraction of sp³-hybridized carbons (Fsp3) is 0.143. The lowest BCUT2D eigenvalue weighted by atomic mass is 10.2. The molecule has 0 aliphatic heterocycles. The van der Waals surface area contributed by atoms with Gasteiger partial charge in [0.05, 0.1) is 8.95 Å². The summed E-state index contributed by atoms with van der Waals surface area (Å²) in [6.07, 6.45) is 0. The van der Waals surface area contributed by atoms with Crippen LogP contribution in [0.25, 0.3) is 0 Å². The summed E-state index contributed by atoms with van der Waals surface area (Å²) in [5.74, 6) is 0.364. The molecule has 2 nitrogen and oxygen atoms in total. The maximum atomic E-state index is 13.8. The first-order valence-corrected chi connectivity index (χ1v) is 10.2. The van der Waals surface area contributed by atoms with Crippen molar-refractivity contribution in [2.45, 2.75) is 20.1 Å². The van der Waals surface area contributed by atoms with Crippen LogP contribution in [0.15, 0.2) is 63.5 Å². The first-order chi connectivity index (χ1) is 12.9. The minimum absolute atomic E-state index is 0.156. The van der Waals surface area contributed by atoms with Crippen LogP contribution in [-0.4, -0.2) is 0 Å². The SMILES string of the molecule is Cc1ccc(NCc2cc(Br)c(OCc3ccccc3F)c(Br)c2)cc1Cl. The number of benzene rings is 3. The van der Waals surface area contributed by atoms with E-state index in [4.69, 9.17) is 16.3 Å². The van der Waals surface area contributed by atoms with Crippen LogP contribution in [0.4, 0.5) is 10.1 Å². The Labute approximate surface area is 180 Å². The van der Waals surface area contributed by atoms with Crippen molar-refractivity contribution in [2.75, 3.05) is 5.32 Å². The molecule has 6 heteroatoms. The standard InChI is InChI=1S/C21H17Br2ClFNO/c1-13-6-7-16(10-19(13)24)26-11-14-8-17(22)21(18(23)9-14)27-12-15-4-2-3-5-20(15)25/h2-10,26H,11-12H2,1H3. The maximum absolute atomic E-state index is 13.8. The van der Waals surface area contributed by atoms with Gasteiger partial charge >= 0.3 is 0 Å². The number of ether oxygens (including phenoxy) is 1. The molecule has 0 amide bonds. The number of rotatable bonds is 6. The molecule has 0 saturated carbocycles. The smallest absolute Gasteiger partial charge is 0.148 e.